The Hall–Kier alpha value is -0.900. The number of sulfonamides is 1. The average molecular weight is 445 g/mol. The van der Waals surface area contributed by atoms with Crippen LogP contribution in [-0.4, -0.2) is 86.5 Å². The summed E-state index contributed by atoms with van der Waals surface area (Å²) in [6, 6.07) is 0.589. The molecule has 2 N–H and O–H groups in total. The maximum Gasteiger partial charge on any atom is 0.410 e. The van der Waals surface area contributed by atoms with Gasteiger partial charge in [0.1, 0.15) is 5.60 Å². The highest BCUT2D eigenvalue weighted by Crippen LogP contribution is 2.29. The van der Waals surface area contributed by atoms with E-state index in [1.54, 1.807) is 4.90 Å². The summed E-state index contributed by atoms with van der Waals surface area (Å²) in [7, 11) is -3.29. The van der Waals surface area contributed by atoms with E-state index in [-0.39, 0.29) is 17.4 Å². The molecule has 3 rings (SSSR count). The standard InChI is InChI=1S/C21H40N4O4S/c1-21(2,3)29-20(26)25-15-13-24(14-16-25)12-11-22-30(27,28)19-10-9-18(19)23-17-7-5-4-6-8-17/h17-19,22-23H,4-16H2,1-3H3/t18?,19-/m1/s1. The summed E-state index contributed by atoms with van der Waals surface area (Å²) < 4.78 is 33.7. The maximum absolute atomic E-state index is 12.7. The fraction of sp³-hybridized carbons (Fsp3) is 0.952. The van der Waals surface area contributed by atoms with E-state index >= 15 is 0 Å². The van der Waals surface area contributed by atoms with Crippen LogP contribution in [0.5, 0.6) is 0 Å². The number of nitrogens with zero attached hydrogens (tertiary/aromatic N) is 2. The van der Waals surface area contributed by atoms with Gasteiger partial charge in [0, 0.05) is 51.4 Å². The zero-order chi connectivity index (χ0) is 21.8. The van der Waals surface area contributed by atoms with Gasteiger partial charge >= 0.3 is 6.09 Å². The molecule has 1 heterocycles. The highest BCUT2D eigenvalue weighted by molar-refractivity contribution is 7.90. The smallest absolute Gasteiger partial charge is 0.410 e. The second-order valence-electron chi connectivity index (χ2n) is 9.97. The molecule has 3 fully saturated rings. The molecular formula is C21H40N4O4S. The molecular weight excluding hydrogens is 404 g/mol. The van der Waals surface area contributed by atoms with E-state index in [2.05, 4.69) is 14.9 Å². The molecule has 174 valence electrons. The predicted molar refractivity (Wildman–Crippen MR) is 118 cm³/mol. The van der Waals surface area contributed by atoms with Crippen LogP contribution >= 0.6 is 0 Å². The van der Waals surface area contributed by atoms with Crippen LogP contribution in [0, 0.1) is 0 Å². The number of carbonyl (C=O) groups is 1. The number of hydrogen-bond acceptors (Lipinski definition) is 6. The van der Waals surface area contributed by atoms with Gasteiger partial charge in [0.25, 0.3) is 0 Å². The molecule has 0 aromatic rings. The fourth-order valence-corrected chi connectivity index (χ4v) is 6.22. The number of piperazine rings is 1. The van der Waals surface area contributed by atoms with Crippen LogP contribution in [0.3, 0.4) is 0 Å². The zero-order valence-electron chi connectivity index (χ0n) is 18.9. The van der Waals surface area contributed by atoms with Crippen LogP contribution in [0.25, 0.3) is 0 Å². The van der Waals surface area contributed by atoms with Crippen LogP contribution < -0.4 is 10.0 Å². The van der Waals surface area contributed by atoms with Crippen molar-refractivity contribution in [2.45, 2.75) is 88.7 Å². The van der Waals surface area contributed by atoms with Crippen molar-refractivity contribution in [2.75, 3.05) is 39.3 Å². The number of ether oxygens (including phenoxy) is 1. The van der Waals surface area contributed by atoms with E-state index in [1.807, 2.05) is 20.8 Å². The topological polar surface area (TPSA) is 91.0 Å². The first-order valence-electron chi connectivity index (χ1n) is 11.6. The lowest BCUT2D eigenvalue weighted by Crippen LogP contribution is -2.58. The first-order chi connectivity index (χ1) is 14.1. The molecule has 2 saturated carbocycles. The summed E-state index contributed by atoms with van der Waals surface area (Å²) in [5.74, 6) is 0. The lowest BCUT2D eigenvalue weighted by Gasteiger charge is -2.40. The number of carbonyl (C=O) groups excluding carboxylic acids is 1. The third kappa shape index (κ3) is 6.80. The van der Waals surface area contributed by atoms with Crippen molar-refractivity contribution in [3.63, 3.8) is 0 Å². The molecule has 0 aromatic heterocycles. The Morgan fingerprint density at radius 1 is 1.00 bits per heavy atom. The SMILES string of the molecule is CC(C)(C)OC(=O)N1CCN(CCNS(=O)(=O)[C@@H]2CCC2NC2CCCCC2)CC1. The van der Waals surface area contributed by atoms with Gasteiger partial charge < -0.3 is 15.0 Å². The molecule has 0 aromatic carbocycles. The predicted octanol–water partition coefficient (Wildman–Crippen LogP) is 1.91. The normalized spacial score (nSPS) is 27.0. The van der Waals surface area contributed by atoms with Gasteiger partial charge in [0.05, 0.1) is 5.25 Å². The highest BCUT2D eigenvalue weighted by Gasteiger charge is 2.41. The minimum absolute atomic E-state index is 0.1000. The Morgan fingerprint density at radius 3 is 2.23 bits per heavy atom. The molecule has 1 saturated heterocycles. The zero-order valence-corrected chi connectivity index (χ0v) is 19.7. The van der Waals surface area contributed by atoms with Gasteiger partial charge in [-0.3, -0.25) is 4.90 Å². The number of hydrogen-bond donors (Lipinski definition) is 2. The lowest BCUT2D eigenvalue weighted by atomic mass is 9.88. The first kappa shape index (κ1) is 23.8. The molecule has 2 aliphatic carbocycles. The monoisotopic (exact) mass is 444 g/mol. The minimum Gasteiger partial charge on any atom is -0.444 e. The Balaban J connectivity index is 1.35. The summed E-state index contributed by atoms with van der Waals surface area (Å²) in [6.45, 7) is 9.36. The molecule has 1 unspecified atom stereocenters. The molecule has 1 aliphatic heterocycles. The van der Waals surface area contributed by atoms with Gasteiger partial charge in [-0.05, 0) is 46.5 Å². The third-order valence-corrected chi connectivity index (χ3v) is 8.39. The Labute approximate surface area is 182 Å². The molecule has 0 radical (unpaired) electrons. The maximum atomic E-state index is 12.7. The molecule has 2 atom stereocenters. The van der Waals surface area contributed by atoms with Gasteiger partial charge in [-0.25, -0.2) is 17.9 Å². The summed E-state index contributed by atoms with van der Waals surface area (Å²) in [4.78, 5) is 16.1. The van der Waals surface area contributed by atoms with E-state index in [1.165, 1.54) is 32.1 Å². The van der Waals surface area contributed by atoms with Crippen molar-refractivity contribution >= 4 is 16.1 Å². The van der Waals surface area contributed by atoms with E-state index < -0.39 is 15.6 Å². The van der Waals surface area contributed by atoms with Gasteiger partial charge in [0.2, 0.25) is 10.0 Å². The summed E-state index contributed by atoms with van der Waals surface area (Å²) in [5.41, 5.74) is -0.488. The quantitative estimate of drug-likeness (QED) is 0.623. The van der Waals surface area contributed by atoms with Gasteiger partial charge in [-0.2, -0.15) is 0 Å². The summed E-state index contributed by atoms with van der Waals surface area (Å²) >= 11 is 0. The van der Waals surface area contributed by atoms with Crippen molar-refractivity contribution in [1.82, 2.24) is 19.8 Å². The third-order valence-electron chi connectivity index (χ3n) is 6.42. The van der Waals surface area contributed by atoms with Crippen molar-refractivity contribution in [3.8, 4) is 0 Å². The van der Waals surface area contributed by atoms with Crippen molar-refractivity contribution < 1.29 is 17.9 Å². The van der Waals surface area contributed by atoms with Gasteiger partial charge in [0.15, 0.2) is 0 Å². The van der Waals surface area contributed by atoms with E-state index in [0.29, 0.717) is 32.2 Å². The van der Waals surface area contributed by atoms with Crippen molar-refractivity contribution in [2.24, 2.45) is 0 Å². The highest BCUT2D eigenvalue weighted by atomic mass is 32.2. The number of nitrogens with one attached hydrogen (secondary N) is 2. The Kier molecular flexibility index (Phi) is 8.03. The van der Waals surface area contributed by atoms with Crippen molar-refractivity contribution in [3.05, 3.63) is 0 Å². The largest absolute Gasteiger partial charge is 0.444 e. The van der Waals surface area contributed by atoms with Crippen molar-refractivity contribution in [1.29, 1.82) is 0 Å². The molecule has 0 bridgehead atoms. The molecule has 3 aliphatic rings. The Morgan fingerprint density at radius 2 is 1.67 bits per heavy atom. The molecule has 1 amide bonds. The van der Waals surface area contributed by atoms with E-state index in [4.69, 9.17) is 4.74 Å². The van der Waals surface area contributed by atoms with Crippen LogP contribution in [0.15, 0.2) is 0 Å². The van der Waals surface area contributed by atoms with Gasteiger partial charge in [-0.15, -0.1) is 0 Å². The summed E-state index contributed by atoms with van der Waals surface area (Å²) in [5, 5.41) is 3.30. The molecule has 9 heteroatoms. The second-order valence-corrected chi connectivity index (χ2v) is 12.0. The lowest BCUT2D eigenvalue weighted by molar-refractivity contribution is 0.0147. The second kappa shape index (κ2) is 10.1. The van der Waals surface area contributed by atoms with E-state index in [9.17, 15) is 13.2 Å². The number of rotatable bonds is 7. The fourth-order valence-electron chi connectivity index (χ4n) is 4.54. The first-order valence-corrected chi connectivity index (χ1v) is 13.1. The number of amides is 1. The van der Waals surface area contributed by atoms with Gasteiger partial charge in [-0.1, -0.05) is 19.3 Å². The van der Waals surface area contributed by atoms with E-state index in [0.717, 1.165) is 25.9 Å². The molecule has 0 spiro atoms. The van der Waals surface area contributed by atoms with Crippen LogP contribution in [0.4, 0.5) is 4.79 Å². The van der Waals surface area contributed by atoms with Crippen LogP contribution in [-0.2, 0) is 14.8 Å². The molecule has 30 heavy (non-hydrogen) atoms. The molecule has 8 nitrogen and oxygen atoms in total. The Bertz CT molecular complexity index is 665. The minimum atomic E-state index is -3.29. The summed E-state index contributed by atoms with van der Waals surface area (Å²) in [6.07, 6.45) is 7.58. The van der Waals surface area contributed by atoms with Crippen LogP contribution in [0.2, 0.25) is 0 Å². The average Bonchev–Trinajstić information content (AvgIpc) is 2.65. The van der Waals surface area contributed by atoms with Crippen LogP contribution in [0.1, 0.15) is 65.7 Å².